The Balaban J connectivity index is 1.67. The van der Waals surface area contributed by atoms with Gasteiger partial charge in [-0.05, 0) is 55.2 Å². The molecule has 1 heterocycles. The van der Waals surface area contributed by atoms with Crippen LogP contribution >= 0.6 is 0 Å². The first kappa shape index (κ1) is 22.7. The third kappa shape index (κ3) is 5.46. The summed E-state index contributed by atoms with van der Waals surface area (Å²) in [5.74, 6) is 0.452. The Morgan fingerprint density at radius 2 is 1.79 bits per heavy atom. The average Bonchev–Trinajstić information content (AvgIpc) is 3.65. The number of nitrogens with one attached hydrogen (secondary N) is 2. The lowest BCUT2D eigenvalue weighted by atomic mass is 9.94. The second-order valence-corrected chi connectivity index (χ2v) is 8.22. The van der Waals surface area contributed by atoms with E-state index >= 15 is 0 Å². The maximum atomic E-state index is 13.0. The van der Waals surface area contributed by atoms with Crippen molar-refractivity contribution in [3.8, 4) is 11.5 Å². The van der Waals surface area contributed by atoms with Gasteiger partial charge < -0.3 is 25.2 Å². The Hall–Kier alpha value is -3.52. The number of carbonyl (C=O) groups excluding carboxylic acids is 2. The Labute approximate surface area is 193 Å². The number of phenols is 1. The van der Waals surface area contributed by atoms with Crippen molar-refractivity contribution in [2.45, 2.75) is 38.4 Å². The van der Waals surface area contributed by atoms with Crippen LogP contribution < -0.4 is 15.4 Å². The molecule has 1 saturated carbocycles. The lowest BCUT2D eigenvalue weighted by molar-refractivity contribution is -0.139. The van der Waals surface area contributed by atoms with Gasteiger partial charge in [-0.3, -0.25) is 4.90 Å². The molecule has 1 aliphatic heterocycles. The van der Waals surface area contributed by atoms with Crippen LogP contribution in [0, 0.1) is 0 Å². The predicted octanol–water partition coefficient (Wildman–Crippen LogP) is 3.24. The van der Waals surface area contributed by atoms with Crippen molar-refractivity contribution in [2.24, 2.45) is 0 Å². The minimum absolute atomic E-state index is 0.219. The van der Waals surface area contributed by atoms with E-state index in [1.807, 2.05) is 24.3 Å². The number of esters is 1. The number of benzene rings is 2. The SMILES string of the molecule is CCOC(=O)C1=C(CN(Cc2ccc(O)cc2)C2CC2)NC(=O)N[C@H]1c1ccc(OC)cc1. The largest absolute Gasteiger partial charge is 0.508 e. The number of nitrogens with zero attached hydrogens (tertiary/aromatic N) is 1. The fourth-order valence-electron chi connectivity index (χ4n) is 4.03. The molecule has 0 saturated heterocycles. The van der Waals surface area contributed by atoms with Crippen LogP contribution in [0.1, 0.15) is 36.9 Å². The summed E-state index contributed by atoms with van der Waals surface area (Å²) in [5.41, 5.74) is 2.76. The minimum Gasteiger partial charge on any atom is -0.508 e. The first-order chi connectivity index (χ1) is 16.0. The van der Waals surface area contributed by atoms with Crippen molar-refractivity contribution >= 4 is 12.0 Å². The van der Waals surface area contributed by atoms with Gasteiger partial charge in [0.2, 0.25) is 0 Å². The summed E-state index contributed by atoms with van der Waals surface area (Å²) in [6, 6.07) is 13.7. The zero-order valence-corrected chi connectivity index (χ0v) is 18.8. The molecule has 174 valence electrons. The molecule has 2 amide bonds. The highest BCUT2D eigenvalue weighted by Gasteiger charge is 2.36. The molecule has 1 atom stereocenters. The van der Waals surface area contributed by atoms with Crippen molar-refractivity contribution in [3.05, 3.63) is 70.9 Å². The highest BCUT2D eigenvalue weighted by Crippen LogP contribution is 2.33. The molecule has 0 bridgehead atoms. The van der Waals surface area contributed by atoms with Crippen LogP contribution in [0.5, 0.6) is 11.5 Å². The smallest absolute Gasteiger partial charge is 0.338 e. The molecule has 0 radical (unpaired) electrons. The Kier molecular flexibility index (Phi) is 6.84. The molecule has 33 heavy (non-hydrogen) atoms. The molecule has 0 spiro atoms. The molecule has 2 aromatic carbocycles. The van der Waals surface area contributed by atoms with E-state index in [9.17, 15) is 14.7 Å². The van der Waals surface area contributed by atoms with Crippen molar-refractivity contribution in [1.29, 1.82) is 0 Å². The first-order valence-corrected chi connectivity index (χ1v) is 11.1. The number of urea groups is 1. The third-order valence-corrected chi connectivity index (χ3v) is 5.84. The summed E-state index contributed by atoms with van der Waals surface area (Å²) in [5, 5.41) is 15.3. The van der Waals surface area contributed by atoms with Gasteiger partial charge in [-0.25, -0.2) is 9.59 Å². The summed E-state index contributed by atoms with van der Waals surface area (Å²) in [7, 11) is 1.59. The molecule has 1 aliphatic carbocycles. The highest BCUT2D eigenvalue weighted by atomic mass is 16.5. The number of aromatic hydroxyl groups is 1. The summed E-state index contributed by atoms with van der Waals surface area (Å²) in [4.78, 5) is 27.9. The van der Waals surface area contributed by atoms with Crippen LogP contribution in [0.3, 0.4) is 0 Å². The van der Waals surface area contributed by atoms with Gasteiger partial charge in [-0.1, -0.05) is 24.3 Å². The van der Waals surface area contributed by atoms with Crippen LogP contribution in [-0.2, 0) is 16.1 Å². The van der Waals surface area contributed by atoms with E-state index in [1.165, 1.54) is 0 Å². The zero-order valence-electron chi connectivity index (χ0n) is 18.8. The number of hydrogen-bond acceptors (Lipinski definition) is 6. The second-order valence-electron chi connectivity index (χ2n) is 8.22. The lowest BCUT2D eigenvalue weighted by Gasteiger charge is -2.32. The molecular weight excluding hydrogens is 422 g/mol. The van der Waals surface area contributed by atoms with Gasteiger partial charge in [0.15, 0.2) is 0 Å². The molecule has 0 aromatic heterocycles. The van der Waals surface area contributed by atoms with Gasteiger partial charge in [-0.2, -0.15) is 0 Å². The first-order valence-electron chi connectivity index (χ1n) is 11.1. The van der Waals surface area contributed by atoms with Crippen molar-refractivity contribution < 1.29 is 24.2 Å². The van der Waals surface area contributed by atoms with Crippen molar-refractivity contribution in [2.75, 3.05) is 20.3 Å². The van der Waals surface area contributed by atoms with E-state index in [0.29, 0.717) is 36.2 Å². The molecule has 8 heteroatoms. The van der Waals surface area contributed by atoms with E-state index in [1.54, 1.807) is 38.3 Å². The van der Waals surface area contributed by atoms with Crippen LogP contribution in [0.4, 0.5) is 4.79 Å². The van der Waals surface area contributed by atoms with E-state index in [2.05, 4.69) is 15.5 Å². The monoisotopic (exact) mass is 451 g/mol. The Morgan fingerprint density at radius 3 is 2.39 bits per heavy atom. The van der Waals surface area contributed by atoms with E-state index in [-0.39, 0.29) is 18.4 Å². The molecule has 2 aliphatic rings. The van der Waals surface area contributed by atoms with Crippen molar-refractivity contribution in [1.82, 2.24) is 15.5 Å². The number of rotatable bonds is 9. The zero-order chi connectivity index (χ0) is 23.4. The quantitative estimate of drug-likeness (QED) is 0.506. The number of hydrogen-bond donors (Lipinski definition) is 3. The molecule has 4 rings (SSSR count). The summed E-state index contributed by atoms with van der Waals surface area (Å²) in [6.07, 6.45) is 2.13. The molecule has 2 aromatic rings. The molecule has 0 unspecified atom stereocenters. The van der Waals surface area contributed by atoms with Gasteiger partial charge in [0.05, 0.1) is 25.3 Å². The van der Waals surface area contributed by atoms with E-state index in [0.717, 1.165) is 24.0 Å². The molecule has 3 N–H and O–H groups in total. The van der Waals surface area contributed by atoms with Gasteiger partial charge in [0, 0.05) is 24.8 Å². The van der Waals surface area contributed by atoms with Crippen LogP contribution in [0.2, 0.25) is 0 Å². The number of methoxy groups -OCH3 is 1. The Bertz CT molecular complexity index is 1030. The summed E-state index contributed by atoms with van der Waals surface area (Å²) in [6.45, 7) is 3.04. The lowest BCUT2D eigenvalue weighted by Crippen LogP contribution is -2.48. The molecular formula is C25H29N3O5. The fraction of sp³-hybridized carbons (Fsp3) is 0.360. The Morgan fingerprint density at radius 1 is 1.09 bits per heavy atom. The molecule has 1 fully saturated rings. The maximum absolute atomic E-state index is 13.0. The van der Waals surface area contributed by atoms with E-state index < -0.39 is 12.0 Å². The number of amides is 2. The van der Waals surface area contributed by atoms with Gasteiger partial charge in [-0.15, -0.1) is 0 Å². The number of ether oxygens (including phenoxy) is 2. The third-order valence-electron chi connectivity index (χ3n) is 5.84. The van der Waals surface area contributed by atoms with E-state index in [4.69, 9.17) is 9.47 Å². The van der Waals surface area contributed by atoms with Crippen LogP contribution in [-0.4, -0.2) is 48.3 Å². The standard InChI is InChI=1S/C25H29N3O5/c1-3-33-24(30)22-21(15-28(18-8-9-18)14-16-4-10-19(29)11-5-16)26-25(31)27-23(22)17-6-12-20(32-2)13-7-17/h4-7,10-13,18,23,29H,3,8-9,14-15H2,1-2H3,(H2,26,27,31)/t23-/m0/s1. The normalized spacial score (nSPS) is 18.0. The summed E-state index contributed by atoms with van der Waals surface area (Å²) < 4.78 is 10.6. The van der Waals surface area contributed by atoms with Crippen LogP contribution in [0.25, 0.3) is 0 Å². The topological polar surface area (TPSA) is 100 Å². The van der Waals surface area contributed by atoms with Gasteiger partial charge in [0.25, 0.3) is 0 Å². The fourth-order valence-corrected chi connectivity index (χ4v) is 4.03. The number of phenolic OH excluding ortho intramolecular Hbond substituents is 1. The summed E-state index contributed by atoms with van der Waals surface area (Å²) >= 11 is 0. The highest BCUT2D eigenvalue weighted by molar-refractivity contribution is 5.95. The van der Waals surface area contributed by atoms with Gasteiger partial charge in [0.1, 0.15) is 11.5 Å². The predicted molar refractivity (Wildman–Crippen MR) is 123 cm³/mol. The second kappa shape index (κ2) is 9.95. The minimum atomic E-state index is -0.631. The molecule has 8 nitrogen and oxygen atoms in total. The maximum Gasteiger partial charge on any atom is 0.338 e. The van der Waals surface area contributed by atoms with Gasteiger partial charge >= 0.3 is 12.0 Å². The van der Waals surface area contributed by atoms with Crippen LogP contribution in [0.15, 0.2) is 59.8 Å². The van der Waals surface area contributed by atoms with Crippen molar-refractivity contribution in [3.63, 3.8) is 0 Å². The number of carbonyl (C=O) groups is 2. The average molecular weight is 452 g/mol.